The van der Waals surface area contributed by atoms with Gasteiger partial charge in [-0.3, -0.25) is 4.79 Å². The summed E-state index contributed by atoms with van der Waals surface area (Å²) >= 11 is 3.31. The molecule has 0 aromatic heterocycles. The number of nitrogens with zero attached hydrogens (tertiary/aromatic N) is 1. The zero-order valence-corrected chi connectivity index (χ0v) is 10.8. The zero-order valence-electron chi connectivity index (χ0n) is 9.19. The molecule has 1 heterocycles. The summed E-state index contributed by atoms with van der Waals surface area (Å²) < 4.78 is 6.13. The molecule has 5 heteroatoms. The summed E-state index contributed by atoms with van der Waals surface area (Å²) in [5, 5.41) is 0. The van der Waals surface area contributed by atoms with Crippen molar-refractivity contribution in [3.63, 3.8) is 0 Å². The Labute approximate surface area is 108 Å². The van der Waals surface area contributed by atoms with E-state index < -0.39 is 0 Å². The molecular formula is C12H12BrNO3. The summed E-state index contributed by atoms with van der Waals surface area (Å²) in [5.74, 6) is 0.716. The highest BCUT2D eigenvalue weighted by atomic mass is 79.9. The van der Waals surface area contributed by atoms with Gasteiger partial charge in [0.1, 0.15) is 11.5 Å². The monoisotopic (exact) mass is 297 g/mol. The van der Waals surface area contributed by atoms with Gasteiger partial charge in [-0.15, -0.1) is 0 Å². The second-order valence-electron chi connectivity index (χ2n) is 3.85. The highest BCUT2D eigenvalue weighted by molar-refractivity contribution is 9.10. The number of amides is 1. The van der Waals surface area contributed by atoms with Gasteiger partial charge < -0.3 is 9.64 Å². The molecule has 1 aliphatic heterocycles. The summed E-state index contributed by atoms with van der Waals surface area (Å²) in [5.41, 5.74) is 0. The third-order valence-electron chi connectivity index (χ3n) is 2.60. The molecule has 1 amide bonds. The number of halogens is 1. The minimum Gasteiger partial charge on any atom is -0.410 e. The number of piperidine rings is 1. The Bertz CT molecular complexity index is 420. The van der Waals surface area contributed by atoms with Crippen molar-refractivity contribution in [2.45, 2.75) is 12.8 Å². The molecule has 0 N–H and O–H groups in total. The van der Waals surface area contributed by atoms with Crippen molar-refractivity contribution in [1.82, 2.24) is 4.90 Å². The fourth-order valence-corrected chi connectivity index (χ4v) is 1.87. The quantitative estimate of drug-likeness (QED) is 0.800. The average molecular weight is 298 g/mol. The minimum absolute atomic E-state index is 0.206. The van der Waals surface area contributed by atoms with E-state index in [2.05, 4.69) is 15.9 Å². The number of hydrogen-bond donors (Lipinski definition) is 0. The first-order chi connectivity index (χ1) is 8.15. The third-order valence-corrected chi connectivity index (χ3v) is 3.13. The van der Waals surface area contributed by atoms with Crippen LogP contribution < -0.4 is 4.74 Å². The van der Waals surface area contributed by atoms with Crippen LogP contribution >= 0.6 is 15.9 Å². The van der Waals surface area contributed by atoms with Crippen LogP contribution in [0.1, 0.15) is 12.8 Å². The fraction of sp³-hybridized carbons (Fsp3) is 0.333. The molecule has 1 aromatic rings. The lowest BCUT2D eigenvalue weighted by Gasteiger charge is -2.24. The molecule has 0 aliphatic carbocycles. The van der Waals surface area contributed by atoms with Crippen LogP contribution in [0.15, 0.2) is 28.7 Å². The van der Waals surface area contributed by atoms with Gasteiger partial charge in [-0.1, -0.05) is 15.9 Å². The Hall–Kier alpha value is -1.36. The number of Topliss-reactive ketones (excluding diaryl/α,β-unsaturated/α-hetero) is 1. The van der Waals surface area contributed by atoms with E-state index >= 15 is 0 Å². The lowest BCUT2D eigenvalue weighted by Crippen LogP contribution is -2.40. The molecule has 1 aromatic carbocycles. The first-order valence-corrected chi connectivity index (χ1v) is 6.18. The van der Waals surface area contributed by atoms with Gasteiger partial charge in [0.15, 0.2) is 0 Å². The lowest BCUT2D eigenvalue weighted by atomic mass is 10.1. The van der Waals surface area contributed by atoms with E-state index in [-0.39, 0.29) is 11.9 Å². The van der Waals surface area contributed by atoms with Crippen molar-refractivity contribution in [1.29, 1.82) is 0 Å². The van der Waals surface area contributed by atoms with Gasteiger partial charge in [0.25, 0.3) is 0 Å². The highest BCUT2D eigenvalue weighted by Crippen LogP contribution is 2.17. The zero-order chi connectivity index (χ0) is 12.3. The minimum atomic E-state index is -0.389. The van der Waals surface area contributed by atoms with Crippen molar-refractivity contribution >= 4 is 27.8 Å². The average Bonchev–Trinajstić information content (AvgIpc) is 2.33. The fourth-order valence-electron chi connectivity index (χ4n) is 1.61. The van der Waals surface area contributed by atoms with Gasteiger partial charge >= 0.3 is 6.09 Å². The van der Waals surface area contributed by atoms with Crippen molar-refractivity contribution in [3.8, 4) is 5.75 Å². The molecule has 90 valence electrons. The topological polar surface area (TPSA) is 46.6 Å². The molecule has 0 unspecified atom stereocenters. The van der Waals surface area contributed by atoms with E-state index in [4.69, 9.17) is 4.74 Å². The molecule has 1 fully saturated rings. The molecule has 17 heavy (non-hydrogen) atoms. The predicted octanol–water partition coefficient (Wildman–Crippen LogP) is 2.61. The number of carbonyl (C=O) groups excluding carboxylic acids is 2. The van der Waals surface area contributed by atoms with Crippen LogP contribution in [0.3, 0.4) is 0 Å². The Balaban J connectivity index is 1.92. The summed E-state index contributed by atoms with van der Waals surface area (Å²) in [6.07, 6.45) is 0.463. The molecule has 0 bridgehead atoms. The van der Waals surface area contributed by atoms with E-state index in [0.29, 0.717) is 31.7 Å². The Morgan fingerprint density at radius 2 is 1.76 bits per heavy atom. The van der Waals surface area contributed by atoms with Gasteiger partial charge in [0.05, 0.1) is 0 Å². The number of benzene rings is 1. The molecule has 0 radical (unpaired) electrons. The number of likely N-dealkylation sites (tertiary alicyclic amines) is 1. The number of carbonyl (C=O) groups is 2. The molecule has 0 atom stereocenters. The standard InChI is InChI=1S/C12H12BrNO3/c13-9-1-3-11(4-2-9)17-12(16)14-7-5-10(15)6-8-14/h1-4H,5-8H2. The Morgan fingerprint density at radius 3 is 2.35 bits per heavy atom. The summed E-state index contributed by atoms with van der Waals surface area (Å²) in [6, 6.07) is 7.05. The summed E-state index contributed by atoms with van der Waals surface area (Å²) in [7, 11) is 0. The molecular weight excluding hydrogens is 286 g/mol. The van der Waals surface area contributed by atoms with Gasteiger partial charge in [0, 0.05) is 30.4 Å². The highest BCUT2D eigenvalue weighted by Gasteiger charge is 2.22. The van der Waals surface area contributed by atoms with Crippen LogP contribution in [-0.2, 0) is 4.79 Å². The normalized spacial score (nSPS) is 15.8. The molecule has 0 saturated carbocycles. The van der Waals surface area contributed by atoms with Crippen molar-refractivity contribution in [2.75, 3.05) is 13.1 Å². The number of hydrogen-bond acceptors (Lipinski definition) is 3. The van der Waals surface area contributed by atoms with Crippen LogP contribution in [-0.4, -0.2) is 29.9 Å². The maximum absolute atomic E-state index is 11.7. The number of ether oxygens (including phenoxy) is 1. The summed E-state index contributed by atoms with van der Waals surface area (Å²) in [4.78, 5) is 24.3. The van der Waals surface area contributed by atoms with Crippen LogP contribution in [0.2, 0.25) is 0 Å². The largest absolute Gasteiger partial charge is 0.415 e. The molecule has 1 saturated heterocycles. The Kier molecular flexibility index (Phi) is 3.78. The van der Waals surface area contributed by atoms with Crippen molar-refractivity contribution in [2.24, 2.45) is 0 Å². The van der Waals surface area contributed by atoms with Gasteiger partial charge in [-0.2, -0.15) is 0 Å². The van der Waals surface area contributed by atoms with Gasteiger partial charge in [0.2, 0.25) is 0 Å². The SMILES string of the molecule is O=C1CCN(C(=O)Oc2ccc(Br)cc2)CC1. The third kappa shape index (κ3) is 3.30. The predicted molar refractivity (Wildman–Crippen MR) is 66.0 cm³/mol. The van der Waals surface area contributed by atoms with E-state index in [0.717, 1.165) is 4.47 Å². The molecule has 4 nitrogen and oxygen atoms in total. The molecule has 0 spiro atoms. The van der Waals surface area contributed by atoms with E-state index in [1.54, 1.807) is 17.0 Å². The first-order valence-electron chi connectivity index (χ1n) is 5.39. The van der Waals surface area contributed by atoms with Gasteiger partial charge in [-0.25, -0.2) is 4.79 Å². The summed E-state index contributed by atoms with van der Waals surface area (Å²) in [6.45, 7) is 0.905. The Morgan fingerprint density at radius 1 is 1.18 bits per heavy atom. The van der Waals surface area contributed by atoms with E-state index in [1.165, 1.54) is 0 Å². The van der Waals surface area contributed by atoms with Crippen molar-refractivity contribution < 1.29 is 14.3 Å². The van der Waals surface area contributed by atoms with Crippen molar-refractivity contribution in [3.05, 3.63) is 28.7 Å². The molecule has 1 aliphatic rings. The molecule has 2 rings (SSSR count). The van der Waals surface area contributed by atoms with Crippen LogP contribution in [0.4, 0.5) is 4.79 Å². The van der Waals surface area contributed by atoms with Crippen LogP contribution in [0, 0.1) is 0 Å². The lowest BCUT2D eigenvalue weighted by molar-refractivity contribution is -0.121. The number of ketones is 1. The maximum atomic E-state index is 11.7. The van der Waals surface area contributed by atoms with E-state index in [9.17, 15) is 9.59 Å². The second-order valence-corrected chi connectivity index (χ2v) is 4.76. The van der Waals surface area contributed by atoms with Gasteiger partial charge in [-0.05, 0) is 24.3 Å². The van der Waals surface area contributed by atoms with Crippen LogP contribution in [0.25, 0.3) is 0 Å². The van der Waals surface area contributed by atoms with E-state index in [1.807, 2.05) is 12.1 Å². The second kappa shape index (κ2) is 5.31. The number of rotatable bonds is 1. The maximum Gasteiger partial charge on any atom is 0.415 e. The van der Waals surface area contributed by atoms with Crippen LogP contribution in [0.5, 0.6) is 5.75 Å². The smallest absolute Gasteiger partial charge is 0.410 e. The first kappa shape index (κ1) is 12.1.